The Morgan fingerprint density at radius 1 is 1.23 bits per heavy atom. The summed E-state index contributed by atoms with van der Waals surface area (Å²) in [6.07, 6.45) is 10.2. The molecule has 13 heavy (non-hydrogen) atoms. The largest absolute Gasteiger partial charge is 0.245 e. The molecule has 0 aromatic carbocycles. The van der Waals surface area contributed by atoms with Gasteiger partial charge in [0.1, 0.15) is 6.33 Å². The lowest BCUT2D eigenvalue weighted by atomic mass is 9.73. The van der Waals surface area contributed by atoms with Gasteiger partial charge in [-0.3, -0.25) is 0 Å². The lowest BCUT2D eigenvalue weighted by molar-refractivity contribution is 0.312. The number of hydrogen-bond donors (Lipinski definition) is 0. The molecular formula is C11H16N2. The van der Waals surface area contributed by atoms with Crippen molar-refractivity contribution in [1.82, 2.24) is 9.97 Å². The summed E-state index contributed by atoms with van der Waals surface area (Å²) in [5.74, 6) is 0. The molecule has 1 heterocycles. The minimum atomic E-state index is 0.321. The molecule has 2 rings (SSSR count). The maximum atomic E-state index is 4.36. The molecular weight excluding hydrogens is 160 g/mol. The second-order valence-corrected chi connectivity index (χ2v) is 4.22. The molecule has 1 aromatic rings. The van der Waals surface area contributed by atoms with Gasteiger partial charge in [0.15, 0.2) is 0 Å². The van der Waals surface area contributed by atoms with E-state index >= 15 is 0 Å². The monoisotopic (exact) mass is 176 g/mol. The van der Waals surface area contributed by atoms with Crippen molar-refractivity contribution in [3.05, 3.63) is 24.3 Å². The van der Waals surface area contributed by atoms with Crippen molar-refractivity contribution in [2.24, 2.45) is 0 Å². The topological polar surface area (TPSA) is 25.8 Å². The normalized spacial score (nSPS) is 21.3. The third-order valence-electron chi connectivity index (χ3n) is 3.16. The predicted octanol–water partition coefficient (Wildman–Crippen LogP) is 2.70. The Morgan fingerprint density at radius 2 is 2.00 bits per heavy atom. The Balaban J connectivity index is 2.23. The van der Waals surface area contributed by atoms with Gasteiger partial charge in [0.05, 0.1) is 0 Å². The Hall–Kier alpha value is -0.920. The second-order valence-electron chi connectivity index (χ2n) is 4.22. The third kappa shape index (κ3) is 1.71. The van der Waals surface area contributed by atoms with Crippen LogP contribution in [0, 0.1) is 0 Å². The molecule has 0 radical (unpaired) electrons. The van der Waals surface area contributed by atoms with Crippen LogP contribution in [0.4, 0.5) is 0 Å². The highest BCUT2D eigenvalue weighted by Gasteiger charge is 2.29. The maximum absolute atomic E-state index is 4.36. The molecule has 0 amide bonds. The summed E-state index contributed by atoms with van der Waals surface area (Å²) in [6, 6.07) is 2.06. The number of rotatable bonds is 1. The quantitative estimate of drug-likeness (QED) is 0.657. The van der Waals surface area contributed by atoms with E-state index in [1.165, 1.54) is 37.8 Å². The van der Waals surface area contributed by atoms with Crippen LogP contribution in [-0.4, -0.2) is 9.97 Å². The van der Waals surface area contributed by atoms with E-state index in [1.807, 2.05) is 6.20 Å². The summed E-state index contributed by atoms with van der Waals surface area (Å²) in [6.45, 7) is 2.33. The Labute approximate surface area is 79.4 Å². The zero-order valence-electron chi connectivity index (χ0n) is 8.16. The SMILES string of the molecule is CC1(c2ccncn2)CCCCC1. The van der Waals surface area contributed by atoms with Crippen molar-refractivity contribution < 1.29 is 0 Å². The van der Waals surface area contributed by atoms with Gasteiger partial charge < -0.3 is 0 Å². The molecule has 0 saturated heterocycles. The average molecular weight is 176 g/mol. The Morgan fingerprint density at radius 3 is 2.62 bits per heavy atom. The van der Waals surface area contributed by atoms with E-state index in [4.69, 9.17) is 0 Å². The summed E-state index contributed by atoms with van der Waals surface area (Å²) >= 11 is 0. The van der Waals surface area contributed by atoms with Gasteiger partial charge in [0.25, 0.3) is 0 Å². The van der Waals surface area contributed by atoms with E-state index in [0.717, 1.165) is 0 Å². The Kier molecular flexibility index (Phi) is 2.30. The minimum Gasteiger partial charge on any atom is -0.245 e. The van der Waals surface area contributed by atoms with Crippen LogP contribution in [0.3, 0.4) is 0 Å². The first-order chi connectivity index (χ1) is 6.31. The molecule has 0 atom stereocenters. The van der Waals surface area contributed by atoms with Crippen molar-refractivity contribution in [3.63, 3.8) is 0 Å². The molecule has 1 aromatic heterocycles. The Bertz CT molecular complexity index is 263. The zero-order chi connectivity index (χ0) is 9.15. The smallest absolute Gasteiger partial charge is 0.115 e. The van der Waals surface area contributed by atoms with E-state index in [0.29, 0.717) is 5.41 Å². The van der Waals surface area contributed by atoms with Crippen LogP contribution in [0.1, 0.15) is 44.7 Å². The molecule has 1 saturated carbocycles. The molecule has 0 aliphatic heterocycles. The first kappa shape index (κ1) is 8.67. The standard InChI is InChI=1S/C11H16N2/c1-11(6-3-2-4-7-11)10-5-8-12-9-13-10/h5,8-9H,2-4,6-7H2,1H3. The molecule has 0 N–H and O–H groups in total. The predicted molar refractivity (Wildman–Crippen MR) is 52.5 cm³/mol. The second kappa shape index (κ2) is 3.44. The molecule has 70 valence electrons. The molecule has 1 aliphatic rings. The van der Waals surface area contributed by atoms with Gasteiger partial charge in [-0.2, -0.15) is 0 Å². The van der Waals surface area contributed by atoms with Crippen LogP contribution in [-0.2, 0) is 5.41 Å². The maximum Gasteiger partial charge on any atom is 0.115 e. The van der Waals surface area contributed by atoms with Gasteiger partial charge in [-0.05, 0) is 18.9 Å². The van der Waals surface area contributed by atoms with Crippen molar-refractivity contribution in [1.29, 1.82) is 0 Å². The van der Waals surface area contributed by atoms with Crippen LogP contribution >= 0.6 is 0 Å². The summed E-state index contributed by atoms with van der Waals surface area (Å²) < 4.78 is 0. The summed E-state index contributed by atoms with van der Waals surface area (Å²) in [7, 11) is 0. The number of hydrogen-bond acceptors (Lipinski definition) is 2. The number of nitrogens with zero attached hydrogens (tertiary/aromatic N) is 2. The molecule has 2 nitrogen and oxygen atoms in total. The molecule has 0 spiro atoms. The molecule has 0 bridgehead atoms. The fourth-order valence-corrected chi connectivity index (χ4v) is 2.24. The molecule has 2 heteroatoms. The van der Waals surface area contributed by atoms with E-state index in [2.05, 4.69) is 23.0 Å². The fourth-order valence-electron chi connectivity index (χ4n) is 2.24. The fraction of sp³-hybridized carbons (Fsp3) is 0.636. The summed E-state index contributed by atoms with van der Waals surface area (Å²) in [4.78, 5) is 8.32. The third-order valence-corrected chi connectivity index (χ3v) is 3.16. The van der Waals surface area contributed by atoms with Gasteiger partial charge in [-0.25, -0.2) is 9.97 Å². The lowest BCUT2D eigenvalue weighted by Crippen LogP contribution is -2.26. The van der Waals surface area contributed by atoms with Gasteiger partial charge in [-0.1, -0.05) is 26.2 Å². The summed E-state index contributed by atoms with van der Waals surface area (Å²) in [5, 5.41) is 0. The van der Waals surface area contributed by atoms with Crippen LogP contribution in [0.5, 0.6) is 0 Å². The van der Waals surface area contributed by atoms with Crippen molar-refractivity contribution >= 4 is 0 Å². The summed E-state index contributed by atoms with van der Waals surface area (Å²) in [5.41, 5.74) is 1.54. The molecule has 1 fully saturated rings. The lowest BCUT2D eigenvalue weighted by Gasteiger charge is -2.32. The van der Waals surface area contributed by atoms with Crippen molar-refractivity contribution in [3.8, 4) is 0 Å². The van der Waals surface area contributed by atoms with Crippen LogP contribution in [0.15, 0.2) is 18.6 Å². The zero-order valence-corrected chi connectivity index (χ0v) is 8.16. The minimum absolute atomic E-state index is 0.321. The molecule has 0 unspecified atom stereocenters. The molecule has 1 aliphatic carbocycles. The first-order valence-electron chi connectivity index (χ1n) is 5.08. The highest BCUT2D eigenvalue weighted by Crippen LogP contribution is 2.37. The van der Waals surface area contributed by atoms with Gasteiger partial charge >= 0.3 is 0 Å². The van der Waals surface area contributed by atoms with E-state index in [1.54, 1.807) is 6.33 Å². The van der Waals surface area contributed by atoms with Crippen LogP contribution in [0.25, 0.3) is 0 Å². The number of aromatic nitrogens is 2. The van der Waals surface area contributed by atoms with Crippen LogP contribution in [0.2, 0.25) is 0 Å². The highest BCUT2D eigenvalue weighted by molar-refractivity contribution is 5.13. The van der Waals surface area contributed by atoms with Crippen molar-refractivity contribution in [2.45, 2.75) is 44.4 Å². The van der Waals surface area contributed by atoms with E-state index in [-0.39, 0.29) is 0 Å². The van der Waals surface area contributed by atoms with Gasteiger partial charge in [0, 0.05) is 17.3 Å². The van der Waals surface area contributed by atoms with Crippen LogP contribution < -0.4 is 0 Å². The first-order valence-corrected chi connectivity index (χ1v) is 5.08. The van der Waals surface area contributed by atoms with E-state index < -0.39 is 0 Å². The van der Waals surface area contributed by atoms with Gasteiger partial charge in [-0.15, -0.1) is 0 Å². The van der Waals surface area contributed by atoms with E-state index in [9.17, 15) is 0 Å². The van der Waals surface area contributed by atoms with Gasteiger partial charge in [0.2, 0.25) is 0 Å². The highest BCUT2D eigenvalue weighted by atomic mass is 14.8. The van der Waals surface area contributed by atoms with Crippen molar-refractivity contribution in [2.75, 3.05) is 0 Å². The average Bonchev–Trinajstić information content (AvgIpc) is 2.20.